The number of carbonyl (C=O) groups excluding carboxylic acids is 3. The predicted molar refractivity (Wildman–Crippen MR) is 92.4 cm³/mol. The van der Waals surface area contributed by atoms with E-state index >= 15 is 0 Å². The minimum atomic E-state index is -2.78. The van der Waals surface area contributed by atoms with Gasteiger partial charge in [-0.1, -0.05) is 0 Å². The molecule has 0 bridgehead atoms. The van der Waals surface area contributed by atoms with Crippen LogP contribution < -0.4 is 21.3 Å². The Morgan fingerprint density at radius 3 is 1.87 bits per heavy atom. The van der Waals surface area contributed by atoms with Crippen LogP contribution in [0.15, 0.2) is 0 Å². The van der Waals surface area contributed by atoms with Gasteiger partial charge in [-0.25, -0.2) is 8.78 Å². The molecule has 0 saturated carbocycles. The summed E-state index contributed by atoms with van der Waals surface area (Å²) in [5.74, 6) is -9.99. The Hall–Kier alpha value is -0.720. The van der Waals surface area contributed by atoms with Crippen molar-refractivity contribution >= 4 is 55.6 Å². The molecule has 0 aliphatic rings. The second kappa shape index (κ2) is 9.55. The lowest BCUT2D eigenvalue weighted by Gasteiger charge is -2.28. The van der Waals surface area contributed by atoms with E-state index in [1.165, 1.54) is 14.1 Å². The number of hydrogen-bond donors (Lipinski definition) is 7. The van der Waals surface area contributed by atoms with Crippen LogP contribution in [0.2, 0.25) is 0 Å². The average molecular weight is 391 g/mol. The van der Waals surface area contributed by atoms with Crippen molar-refractivity contribution in [3.8, 4) is 0 Å². The zero-order valence-corrected chi connectivity index (χ0v) is 15.2. The highest BCUT2D eigenvalue weighted by Gasteiger charge is 2.42. The lowest BCUT2D eigenvalue weighted by Crippen LogP contribution is -2.63. The normalized spacial score (nSPS) is 17.3. The van der Waals surface area contributed by atoms with Crippen LogP contribution in [0.25, 0.3) is 0 Å². The van der Waals surface area contributed by atoms with Crippen molar-refractivity contribution in [3.05, 3.63) is 0 Å². The van der Waals surface area contributed by atoms with E-state index in [1.807, 2.05) is 10.6 Å². The molecule has 0 fully saturated rings. The molecule has 0 saturated heterocycles. The topological polar surface area (TPSA) is 99.3 Å². The summed E-state index contributed by atoms with van der Waals surface area (Å²) in [6, 6.07) is -1.37. The second-order valence-electron chi connectivity index (χ2n) is 4.45. The van der Waals surface area contributed by atoms with Gasteiger partial charge in [-0.05, 0) is 7.05 Å². The first-order valence-electron chi connectivity index (χ1n) is 6.38. The zero-order valence-electron chi connectivity index (χ0n) is 12.5. The molecular weight excluding hydrogens is 370 g/mol. The van der Waals surface area contributed by atoms with Gasteiger partial charge in [-0.15, -0.1) is 0 Å². The van der Waals surface area contributed by atoms with Crippen molar-refractivity contribution in [2.24, 2.45) is 0 Å². The molecule has 7 nitrogen and oxygen atoms in total. The van der Waals surface area contributed by atoms with Crippen molar-refractivity contribution in [1.29, 1.82) is 0 Å². The van der Waals surface area contributed by atoms with E-state index < -0.39 is 46.9 Å². The number of hydrogen-bond acceptors (Lipinski definition) is 7. The van der Waals surface area contributed by atoms with Crippen LogP contribution in [0.5, 0.6) is 0 Å². The largest absolute Gasteiger partial charge is 0.355 e. The molecule has 0 radical (unpaired) electrons. The van der Waals surface area contributed by atoms with Gasteiger partial charge in [0.2, 0.25) is 11.7 Å². The Labute approximate surface area is 149 Å². The van der Waals surface area contributed by atoms with Crippen molar-refractivity contribution in [2.75, 3.05) is 31.4 Å². The summed E-state index contributed by atoms with van der Waals surface area (Å²) >= 11 is 11.2. The van der Waals surface area contributed by atoms with Gasteiger partial charge in [0.25, 0.3) is 17.6 Å². The molecule has 0 aliphatic heterocycles. The van der Waals surface area contributed by atoms with Crippen LogP contribution in [-0.2, 0) is 14.4 Å². The lowest BCUT2D eigenvalue weighted by molar-refractivity contribution is -0.141. The fourth-order valence-corrected chi connectivity index (χ4v) is 2.16. The molecule has 134 valence electrons. The molecule has 0 aromatic carbocycles. The molecule has 0 aromatic rings. The zero-order chi connectivity index (χ0) is 18.3. The van der Waals surface area contributed by atoms with E-state index in [0.717, 1.165) is 0 Å². The Morgan fingerprint density at radius 1 is 1.00 bits per heavy atom. The van der Waals surface area contributed by atoms with Crippen molar-refractivity contribution in [2.45, 2.75) is 17.6 Å². The van der Waals surface area contributed by atoms with E-state index in [0.29, 0.717) is 0 Å². The molecule has 0 rings (SSSR count). The van der Waals surface area contributed by atoms with E-state index in [9.17, 15) is 23.2 Å². The van der Waals surface area contributed by atoms with Crippen molar-refractivity contribution in [3.63, 3.8) is 0 Å². The molecule has 23 heavy (non-hydrogen) atoms. The Bertz CT molecular complexity index is 454. The standard InChI is InChI=1S/C11H20F2N4O3S3/c1-14-8(19)11(13,5-23)17-7(18)6(3-21)16-9(20)10(12,4-22)15-2/h6,15,21-23H,3-5H2,1-2H3,(H,14,19)(H,16,20)(H,17,18)/t6-,10-,11-/m1/s1. The van der Waals surface area contributed by atoms with Crippen LogP contribution in [0.1, 0.15) is 0 Å². The summed E-state index contributed by atoms with van der Waals surface area (Å²) in [7, 11) is 2.38. The van der Waals surface area contributed by atoms with E-state index in [-0.39, 0.29) is 5.75 Å². The molecule has 4 N–H and O–H groups in total. The van der Waals surface area contributed by atoms with Gasteiger partial charge >= 0.3 is 0 Å². The number of rotatable bonds is 9. The van der Waals surface area contributed by atoms with Crippen LogP contribution in [0.4, 0.5) is 8.78 Å². The fraction of sp³-hybridized carbons (Fsp3) is 0.727. The highest BCUT2D eigenvalue weighted by Crippen LogP contribution is 2.12. The van der Waals surface area contributed by atoms with Gasteiger partial charge in [-0.2, -0.15) is 37.9 Å². The molecule has 0 heterocycles. The Kier molecular flexibility index (Phi) is 9.25. The van der Waals surface area contributed by atoms with Gasteiger partial charge in [0.1, 0.15) is 6.04 Å². The number of amides is 3. The molecule has 3 atom stereocenters. The minimum Gasteiger partial charge on any atom is -0.355 e. The summed E-state index contributed by atoms with van der Waals surface area (Å²) < 4.78 is 28.4. The fourth-order valence-electron chi connectivity index (χ4n) is 1.38. The average Bonchev–Trinajstić information content (AvgIpc) is 2.57. The van der Waals surface area contributed by atoms with Crippen LogP contribution in [-0.4, -0.2) is 66.7 Å². The quantitative estimate of drug-likeness (QED) is 0.196. The maximum absolute atomic E-state index is 14.3. The van der Waals surface area contributed by atoms with Gasteiger partial charge in [0.05, 0.1) is 5.75 Å². The maximum Gasteiger partial charge on any atom is 0.279 e. The first-order valence-corrected chi connectivity index (χ1v) is 8.28. The van der Waals surface area contributed by atoms with Crippen LogP contribution in [0, 0.1) is 0 Å². The van der Waals surface area contributed by atoms with E-state index in [2.05, 4.69) is 48.5 Å². The smallest absolute Gasteiger partial charge is 0.279 e. The monoisotopic (exact) mass is 390 g/mol. The summed E-state index contributed by atoms with van der Waals surface area (Å²) in [5.41, 5.74) is 0. The SMILES string of the molecule is CNC(=O)[C@@](F)(CS)NC(=O)[C@@H](CS)NC(=O)[C@@](F)(CS)NC. The number of carbonyl (C=O) groups is 3. The number of thiol groups is 3. The number of alkyl halides is 2. The number of likely N-dealkylation sites (N-methyl/N-ethyl adjacent to an activating group) is 2. The van der Waals surface area contributed by atoms with Crippen molar-refractivity contribution in [1.82, 2.24) is 21.3 Å². The molecule has 0 aliphatic carbocycles. The summed E-state index contributed by atoms with van der Waals surface area (Å²) in [4.78, 5) is 35.3. The van der Waals surface area contributed by atoms with Crippen LogP contribution >= 0.6 is 37.9 Å². The summed E-state index contributed by atoms with van der Waals surface area (Å²) in [6.45, 7) is 0. The molecular formula is C11H20F2N4O3S3. The van der Waals surface area contributed by atoms with Crippen molar-refractivity contribution < 1.29 is 23.2 Å². The third-order valence-corrected chi connectivity index (χ3v) is 4.14. The minimum absolute atomic E-state index is 0.250. The van der Waals surface area contributed by atoms with Gasteiger partial charge in [-0.3, -0.25) is 19.7 Å². The molecule has 3 amide bonds. The molecule has 0 aromatic heterocycles. The molecule has 0 spiro atoms. The van der Waals surface area contributed by atoms with E-state index in [4.69, 9.17) is 0 Å². The molecule has 12 heteroatoms. The van der Waals surface area contributed by atoms with Gasteiger partial charge in [0.15, 0.2) is 0 Å². The van der Waals surface area contributed by atoms with Gasteiger partial charge in [0, 0.05) is 18.6 Å². The lowest BCUT2D eigenvalue weighted by atomic mass is 10.2. The number of halogens is 2. The summed E-state index contributed by atoms with van der Waals surface area (Å²) in [5, 5.41) is 8.05. The van der Waals surface area contributed by atoms with Gasteiger partial charge < -0.3 is 16.0 Å². The third kappa shape index (κ3) is 5.69. The maximum atomic E-state index is 14.3. The first-order chi connectivity index (χ1) is 10.6. The Morgan fingerprint density at radius 2 is 1.52 bits per heavy atom. The Balaban J connectivity index is 5.08. The van der Waals surface area contributed by atoms with Crippen LogP contribution in [0.3, 0.4) is 0 Å². The number of nitrogens with one attached hydrogen (secondary N) is 4. The highest BCUT2D eigenvalue weighted by atomic mass is 32.1. The first kappa shape index (κ1) is 22.3. The molecule has 0 unspecified atom stereocenters. The second-order valence-corrected chi connectivity index (χ2v) is 5.44. The highest BCUT2D eigenvalue weighted by molar-refractivity contribution is 7.80. The predicted octanol–water partition coefficient (Wildman–Crippen LogP) is -1.33. The van der Waals surface area contributed by atoms with E-state index in [1.54, 1.807) is 0 Å². The third-order valence-electron chi connectivity index (χ3n) is 2.90. The summed E-state index contributed by atoms with van der Waals surface area (Å²) in [6.07, 6.45) is 0.